The van der Waals surface area contributed by atoms with Crippen molar-refractivity contribution in [1.82, 2.24) is 9.66 Å². The van der Waals surface area contributed by atoms with Crippen molar-refractivity contribution >= 4 is 56.7 Å². The smallest absolute Gasteiger partial charge is 0.336 e. The second-order valence-electron chi connectivity index (χ2n) is 8.17. The predicted molar refractivity (Wildman–Crippen MR) is 155 cm³/mol. The van der Waals surface area contributed by atoms with E-state index < -0.39 is 5.97 Å². The second-order valence-corrected chi connectivity index (χ2v) is 9.52. The van der Waals surface area contributed by atoms with E-state index in [9.17, 15) is 9.59 Å². The van der Waals surface area contributed by atoms with Crippen LogP contribution in [0.1, 0.15) is 11.1 Å². The average Bonchev–Trinajstić information content (AvgIpc) is 2.94. The van der Waals surface area contributed by atoms with Gasteiger partial charge >= 0.3 is 5.97 Å². The number of aromatic nitrogens is 2. The van der Waals surface area contributed by atoms with Crippen LogP contribution in [0.5, 0.6) is 5.75 Å². The van der Waals surface area contributed by atoms with Crippen LogP contribution in [0.15, 0.2) is 118 Å². The molecule has 0 aliphatic carbocycles. The fraction of sp³-hybridized carbons (Fsp3) is 0. The van der Waals surface area contributed by atoms with Gasteiger partial charge in [0.2, 0.25) is 0 Å². The zero-order valence-corrected chi connectivity index (χ0v) is 22.1. The van der Waals surface area contributed by atoms with Crippen molar-refractivity contribution in [3.05, 3.63) is 134 Å². The minimum absolute atomic E-state index is 0.283. The Bertz CT molecular complexity index is 1750. The first kappa shape index (κ1) is 25.3. The Kier molecular flexibility index (Phi) is 7.58. The molecule has 6 nitrogen and oxygen atoms in total. The van der Waals surface area contributed by atoms with Gasteiger partial charge in [-0.1, -0.05) is 82.1 Å². The van der Waals surface area contributed by atoms with Crippen LogP contribution in [0.3, 0.4) is 0 Å². The van der Waals surface area contributed by atoms with Crippen LogP contribution >= 0.6 is 27.5 Å². The van der Waals surface area contributed by atoms with Crippen LogP contribution in [0, 0.1) is 0 Å². The lowest BCUT2D eigenvalue weighted by atomic mass is 10.2. The molecule has 0 aliphatic rings. The summed E-state index contributed by atoms with van der Waals surface area (Å²) in [6.45, 7) is 0. The molecule has 0 N–H and O–H groups in total. The van der Waals surface area contributed by atoms with Crippen LogP contribution in [0.2, 0.25) is 5.02 Å². The van der Waals surface area contributed by atoms with E-state index in [-0.39, 0.29) is 11.3 Å². The Morgan fingerprint density at radius 3 is 2.47 bits per heavy atom. The van der Waals surface area contributed by atoms with Crippen LogP contribution in [-0.2, 0) is 4.79 Å². The molecular formula is C30H19BrClN3O3. The van der Waals surface area contributed by atoms with Gasteiger partial charge in [-0.15, -0.1) is 0 Å². The molecule has 8 heteroatoms. The minimum Gasteiger partial charge on any atom is -0.423 e. The standard InChI is InChI=1S/C30H19BrClN3O3/c31-23-13-16-27(38-28(36)17-12-20-10-14-24(32)15-11-20)22(18-23)19-33-35-29(21-6-2-1-3-7-21)34-26-9-5-4-8-25(26)30(35)37/h1-19H/b17-12+,33-19?. The van der Waals surface area contributed by atoms with Crippen molar-refractivity contribution in [2.75, 3.05) is 0 Å². The number of hydrogen-bond donors (Lipinski definition) is 0. The number of benzene rings is 4. The third kappa shape index (κ3) is 5.80. The number of rotatable bonds is 6. The van der Waals surface area contributed by atoms with E-state index in [1.54, 1.807) is 66.7 Å². The number of halogens is 2. The van der Waals surface area contributed by atoms with Gasteiger partial charge < -0.3 is 4.74 Å². The average molecular weight is 585 g/mol. The van der Waals surface area contributed by atoms with E-state index in [0.29, 0.717) is 27.3 Å². The van der Waals surface area contributed by atoms with Gasteiger partial charge in [-0.05, 0) is 54.1 Å². The number of carbonyl (C=O) groups excluding carboxylic acids is 1. The summed E-state index contributed by atoms with van der Waals surface area (Å²) >= 11 is 9.36. The van der Waals surface area contributed by atoms with Crippen molar-refractivity contribution < 1.29 is 9.53 Å². The molecule has 0 amide bonds. The molecule has 5 aromatic rings. The fourth-order valence-corrected chi connectivity index (χ4v) is 4.22. The van der Waals surface area contributed by atoms with Crippen molar-refractivity contribution in [3.8, 4) is 17.1 Å². The highest BCUT2D eigenvalue weighted by atomic mass is 79.9. The highest BCUT2D eigenvalue weighted by Gasteiger charge is 2.13. The summed E-state index contributed by atoms with van der Waals surface area (Å²) in [6, 6.07) is 28.7. The molecule has 0 saturated heterocycles. The van der Waals surface area contributed by atoms with Crippen LogP contribution in [0.25, 0.3) is 28.4 Å². The first-order valence-electron chi connectivity index (χ1n) is 11.5. The molecule has 186 valence electrons. The van der Waals surface area contributed by atoms with Crippen LogP contribution in [-0.4, -0.2) is 21.8 Å². The third-order valence-corrected chi connectivity index (χ3v) is 6.31. The topological polar surface area (TPSA) is 73.5 Å². The number of fused-ring (bicyclic) bond motifs is 1. The maximum atomic E-state index is 13.4. The van der Waals surface area contributed by atoms with Crippen molar-refractivity contribution in [2.45, 2.75) is 0 Å². The van der Waals surface area contributed by atoms with Gasteiger partial charge in [-0.2, -0.15) is 9.78 Å². The SMILES string of the molecule is O=C(/C=C/c1ccc(Cl)cc1)Oc1ccc(Br)cc1C=Nn1c(-c2ccccc2)nc2ccccc2c1=O. The molecule has 0 unspecified atom stereocenters. The zero-order chi connectivity index (χ0) is 26.5. The first-order chi connectivity index (χ1) is 18.5. The van der Waals surface area contributed by atoms with Gasteiger partial charge in [-0.3, -0.25) is 4.79 Å². The summed E-state index contributed by atoms with van der Waals surface area (Å²) < 4.78 is 7.59. The van der Waals surface area contributed by atoms with E-state index >= 15 is 0 Å². The summed E-state index contributed by atoms with van der Waals surface area (Å²) in [5.41, 5.74) is 2.30. The number of para-hydroxylation sites is 1. The second kappa shape index (κ2) is 11.4. The monoisotopic (exact) mass is 583 g/mol. The number of esters is 1. The summed E-state index contributed by atoms with van der Waals surface area (Å²) in [7, 11) is 0. The molecular weight excluding hydrogens is 566 g/mol. The molecule has 0 saturated carbocycles. The molecule has 0 fully saturated rings. The van der Waals surface area contributed by atoms with Gasteiger partial charge in [0.05, 0.1) is 17.1 Å². The fourth-order valence-electron chi connectivity index (χ4n) is 3.72. The predicted octanol–water partition coefficient (Wildman–Crippen LogP) is 6.98. The summed E-state index contributed by atoms with van der Waals surface area (Å²) in [4.78, 5) is 30.7. The van der Waals surface area contributed by atoms with Gasteiger partial charge in [-0.25, -0.2) is 9.78 Å². The lowest BCUT2D eigenvalue weighted by Gasteiger charge is -2.10. The summed E-state index contributed by atoms with van der Waals surface area (Å²) in [6.07, 6.45) is 4.44. The number of ether oxygens (including phenoxy) is 1. The van der Waals surface area contributed by atoms with E-state index in [1.807, 2.05) is 36.4 Å². The van der Waals surface area contributed by atoms with E-state index in [4.69, 9.17) is 21.3 Å². The molecule has 1 aromatic heterocycles. The number of hydrogen-bond acceptors (Lipinski definition) is 5. The normalized spacial score (nSPS) is 11.4. The molecule has 38 heavy (non-hydrogen) atoms. The van der Waals surface area contributed by atoms with Crippen molar-refractivity contribution in [3.63, 3.8) is 0 Å². The quantitative estimate of drug-likeness (QED) is 0.0934. The molecule has 0 bridgehead atoms. The Morgan fingerprint density at radius 2 is 1.68 bits per heavy atom. The highest BCUT2D eigenvalue weighted by molar-refractivity contribution is 9.10. The largest absolute Gasteiger partial charge is 0.423 e. The molecule has 5 rings (SSSR count). The van der Waals surface area contributed by atoms with Gasteiger partial charge in [0.1, 0.15) is 5.75 Å². The molecule has 0 radical (unpaired) electrons. The first-order valence-corrected chi connectivity index (χ1v) is 12.7. The van der Waals surface area contributed by atoms with Crippen LogP contribution in [0.4, 0.5) is 0 Å². The lowest BCUT2D eigenvalue weighted by molar-refractivity contribution is -0.128. The summed E-state index contributed by atoms with van der Waals surface area (Å²) in [5, 5.41) is 5.54. The summed E-state index contributed by atoms with van der Waals surface area (Å²) in [5.74, 6) is 0.113. The third-order valence-electron chi connectivity index (χ3n) is 5.56. The Hall–Kier alpha value is -4.33. The molecule has 0 atom stereocenters. The minimum atomic E-state index is -0.563. The zero-order valence-electron chi connectivity index (χ0n) is 19.8. The van der Waals surface area contributed by atoms with E-state index in [1.165, 1.54) is 17.0 Å². The Balaban J connectivity index is 1.50. The van der Waals surface area contributed by atoms with Crippen molar-refractivity contribution in [1.29, 1.82) is 0 Å². The van der Waals surface area contributed by atoms with E-state index in [2.05, 4.69) is 21.0 Å². The molecule has 1 heterocycles. The van der Waals surface area contributed by atoms with Crippen molar-refractivity contribution in [2.24, 2.45) is 5.10 Å². The molecule has 0 spiro atoms. The Morgan fingerprint density at radius 1 is 0.947 bits per heavy atom. The number of nitrogens with zero attached hydrogens (tertiary/aromatic N) is 3. The van der Waals surface area contributed by atoms with Gasteiger partial charge in [0.25, 0.3) is 5.56 Å². The van der Waals surface area contributed by atoms with E-state index in [0.717, 1.165) is 15.6 Å². The maximum absolute atomic E-state index is 13.4. The number of carbonyl (C=O) groups is 1. The molecule has 0 aliphatic heterocycles. The lowest BCUT2D eigenvalue weighted by Crippen LogP contribution is -2.20. The Labute approximate surface area is 231 Å². The van der Waals surface area contributed by atoms with Crippen LogP contribution < -0.4 is 10.3 Å². The van der Waals surface area contributed by atoms with Gasteiger partial charge in [0.15, 0.2) is 5.82 Å². The maximum Gasteiger partial charge on any atom is 0.336 e. The van der Waals surface area contributed by atoms with Gasteiger partial charge in [0, 0.05) is 26.7 Å². The highest BCUT2D eigenvalue weighted by Crippen LogP contribution is 2.23. The molecule has 4 aromatic carbocycles.